The molecular formula is C14H16N4O2. The van der Waals surface area contributed by atoms with E-state index in [2.05, 4.69) is 15.2 Å². The van der Waals surface area contributed by atoms with Crippen LogP contribution in [0, 0.1) is 6.92 Å². The van der Waals surface area contributed by atoms with Crippen molar-refractivity contribution in [1.29, 1.82) is 0 Å². The maximum atomic E-state index is 11.7. The van der Waals surface area contributed by atoms with Crippen molar-refractivity contribution in [2.75, 3.05) is 6.61 Å². The Balaban J connectivity index is 2.32. The minimum atomic E-state index is -0.358. The normalized spacial score (nSPS) is 11.6. The molecule has 0 bridgehead atoms. The summed E-state index contributed by atoms with van der Waals surface area (Å²) < 4.78 is 0. The number of benzene rings is 1. The van der Waals surface area contributed by atoms with Crippen molar-refractivity contribution < 1.29 is 5.11 Å². The van der Waals surface area contributed by atoms with Gasteiger partial charge in [-0.3, -0.25) is 4.79 Å². The van der Waals surface area contributed by atoms with E-state index in [1.165, 1.54) is 6.20 Å². The Morgan fingerprint density at radius 3 is 2.70 bits per heavy atom. The second kappa shape index (κ2) is 6.12. The van der Waals surface area contributed by atoms with E-state index in [0.29, 0.717) is 23.2 Å². The van der Waals surface area contributed by atoms with Crippen LogP contribution in [0.4, 0.5) is 5.69 Å². The van der Waals surface area contributed by atoms with E-state index in [1.54, 1.807) is 19.1 Å². The zero-order valence-electron chi connectivity index (χ0n) is 11.1. The summed E-state index contributed by atoms with van der Waals surface area (Å²) in [5, 5.41) is 14.9. The van der Waals surface area contributed by atoms with Crippen LogP contribution in [0.3, 0.4) is 0 Å². The molecule has 1 aromatic heterocycles. The number of nitrogens with two attached hydrogens (primary N) is 1. The van der Waals surface area contributed by atoms with Gasteiger partial charge >= 0.3 is 0 Å². The SMILES string of the molecule is Cc1cn[nH]c(=O)c1C(N)=Nc1ccc(CCO)cc1. The monoisotopic (exact) mass is 272 g/mol. The maximum Gasteiger partial charge on any atom is 0.275 e. The Hall–Kier alpha value is -2.47. The number of aliphatic hydroxyl groups excluding tert-OH is 1. The molecule has 0 radical (unpaired) electrons. The highest BCUT2D eigenvalue weighted by molar-refractivity contribution is 5.99. The second-order valence-electron chi connectivity index (χ2n) is 4.39. The number of aliphatic imine (C=N–C) groups is 1. The summed E-state index contributed by atoms with van der Waals surface area (Å²) in [5.74, 6) is 0.154. The minimum absolute atomic E-state index is 0.107. The molecule has 1 heterocycles. The number of hydrogen-bond donors (Lipinski definition) is 3. The first-order chi connectivity index (χ1) is 9.61. The quantitative estimate of drug-likeness (QED) is 0.561. The van der Waals surface area contributed by atoms with Gasteiger partial charge in [0, 0.05) is 6.61 Å². The van der Waals surface area contributed by atoms with E-state index in [-0.39, 0.29) is 18.0 Å². The second-order valence-corrected chi connectivity index (χ2v) is 4.39. The van der Waals surface area contributed by atoms with Gasteiger partial charge in [-0.1, -0.05) is 12.1 Å². The Bertz CT molecular complexity index is 674. The average molecular weight is 272 g/mol. The lowest BCUT2D eigenvalue weighted by Gasteiger charge is -2.04. The van der Waals surface area contributed by atoms with Gasteiger partial charge in [-0.05, 0) is 36.6 Å². The topological polar surface area (TPSA) is 104 Å². The molecule has 0 saturated carbocycles. The van der Waals surface area contributed by atoms with E-state index >= 15 is 0 Å². The molecule has 0 saturated heterocycles. The highest BCUT2D eigenvalue weighted by atomic mass is 16.2. The fraction of sp³-hybridized carbons (Fsp3) is 0.214. The third-order valence-electron chi connectivity index (χ3n) is 2.89. The van der Waals surface area contributed by atoms with Gasteiger partial charge in [0.15, 0.2) is 0 Å². The van der Waals surface area contributed by atoms with Crippen LogP contribution in [0.5, 0.6) is 0 Å². The number of aryl methyl sites for hydroxylation is 1. The summed E-state index contributed by atoms with van der Waals surface area (Å²) in [7, 11) is 0. The summed E-state index contributed by atoms with van der Waals surface area (Å²) in [6.07, 6.45) is 2.13. The van der Waals surface area contributed by atoms with Gasteiger partial charge in [0.1, 0.15) is 5.84 Å². The average Bonchev–Trinajstić information content (AvgIpc) is 2.41. The van der Waals surface area contributed by atoms with Crippen LogP contribution in [0.15, 0.2) is 40.2 Å². The van der Waals surface area contributed by atoms with Crippen LogP contribution in [0.2, 0.25) is 0 Å². The molecule has 0 fully saturated rings. The predicted molar refractivity (Wildman–Crippen MR) is 77.2 cm³/mol. The van der Waals surface area contributed by atoms with Crippen molar-refractivity contribution in [2.24, 2.45) is 10.7 Å². The molecule has 0 unspecified atom stereocenters. The summed E-state index contributed by atoms with van der Waals surface area (Å²) in [6.45, 7) is 1.86. The molecular weight excluding hydrogens is 256 g/mol. The number of rotatable bonds is 4. The van der Waals surface area contributed by atoms with Crippen LogP contribution in [-0.2, 0) is 6.42 Å². The van der Waals surface area contributed by atoms with Crippen molar-refractivity contribution >= 4 is 11.5 Å². The molecule has 0 aliphatic rings. The summed E-state index contributed by atoms with van der Waals surface area (Å²) in [4.78, 5) is 15.9. The number of aromatic nitrogens is 2. The molecule has 6 heteroatoms. The van der Waals surface area contributed by atoms with Crippen molar-refractivity contribution in [2.45, 2.75) is 13.3 Å². The van der Waals surface area contributed by atoms with Gasteiger partial charge in [-0.15, -0.1) is 0 Å². The third-order valence-corrected chi connectivity index (χ3v) is 2.89. The first-order valence-corrected chi connectivity index (χ1v) is 6.20. The van der Waals surface area contributed by atoms with E-state index in [1.807, 2.05) is 12.1 Å². The van der Waals surface area contributed by atoms with Gasteiger partial charge in [0.05, 0.1) is 17.4 Å². The molecule has 1 aromatic carbocycles. The number of H-pyrrole nitrogens is 1. The van der Waals surface area contributed by atoms with Crippen LogP contribution >= 0.6 is 0 Å². The number of hydrogen-bond acceptors (Lipinski definition) is 4. The number of nitrogens with zero attached hydrogens (tertiary/aromatic N) is 2. The van der Waals surface area contributed by atoms with Crippen LogP contribution < -0.4 is 11.3 Å². The van der Waals surface area contributed by atoms with Crippen molar-refractivity contribution in [3.63, 3.8) is 0 Å². The van der Waals surface area contributed by atoms with Gasteiger partial charge in [0.25, 0.3) is 5.56 Å². The van der Waals surface area contributed by atoms with Crippen LogP contribution in [-0.4, -0.2) is 27.7 Å². The smallest absolute Gasteiger partial charge is 0.275 e. The Morgan fingerprint density at radius 1 is 1.40 bits per heavy atom. The molecule has 0 spiro atoms. The standard InChI is InChI=1S/C14H16N4O2/c1-9-8-16-18-14(20)12(9)13(15)17-11-4-2-10(3-5-11)6-7-19/h2-5,8,19H,6-7H2,1H3,(H2,15,17)(H,18,20). The lowest BCUT2D eigenvalue weighted by Crippen LogP contribution is -2.26. The highest BCUT2D eigenvalue weighted by Gasteiger charge is 2.08. The lowest BCUT2D eigenvalue weighted by molar-refractivity contribution is 0.299. The third kappa shape index (κ3) is 3.10. The zero-order chi connectivity index (χ0) is 14.5. The number of amidine groups is 1. The van der Waals surface area contributed by atoms with Crippen LogP contribution in [0.25, 0.3) is 0 Å². The van der Waals surface area contributed by atoms with Crippen LogP contribution in [0.1, 0.15) is 16.7 Å². The predicted octanol–water partition coefficient (Wildman–Crippen LogP) is 0.650. The van der Waals surface area contributed by atoms with Gasteiger partial charge in [0.2, 0.25) is 0 Å². The number of aliphatic hydroxyl groups is 1. The fourth-order valence-corrected chi connectivity index (χ4v) is 1.87. The summed E-state index contributed by atoms with van der Waals surface area (Å²) >= 11 is 0. The molecule has 2 rings (SSSR count). The Labute approximate surface area is 116 Å². The molecule has 0 aliphatic heterocycles. The fourth-order valence-electron chi connectivity index (χ4n) is 1.87. The molecule has 6 nitrogen and oxygen atoms in total. The molecule has 0 aliphatic carbocycles. The van der Waals surface area contributed by atoms with E-state index in [4.69, 9.17) is 10.8 Å². The summed E-state index contributed by atoms with van der Waals surface area (Å²) in [6, 6.07) is 7.32. The molecule has 0 amide bonds. The van der Waals surface area contributed by atoms with Gasteiger partial charge in [-0.25, -0.2) is 10.1 Å². The van der Waals surface area contributed by atoms with E-state index < -0.39 is 0 Å². The van der Waals surface area contributed by atoms with Crippen molar-refractivity contribution in [3.05, 3.63) is 57.5 Å². The number of nitrogens with one attached hydrogen (secondary N) is 1. The Morgan fingerprint density at radius 2 is 2.10 bits per heavy atom. The molecule has 104 valence electrons. The van der Waals surface area contributed by atoms with Crippen molar-refractivity contribution in [1.82, 2.24) is 10.2 Å². The largest absolute Gasteiger partial charge is 0.396 e. The molecule has 2 aromatic rings. The molecule has 20 heavy (non-hydrogen) atoms. The maximum absolute atomic E-state index is 11.7. The van der Waals surface area contributed by atoms with Gasteiger partial charge in [-0.2, -0.15) is 5.10 Å². The Kier molecular flexibility index (Phi) is 4.27. The lowest BCUT2D eigenvalue weighted by atomic mass is 10.1. The first kappa shape index (κ1) is 14.0. The number of aromatic amines is 1. The molecule has 4 N–H and O–H groups in total. The molecule has 0 atom stereocenters. The van der Waals surface area contributed by atoms with Gasteiger partial charge < -0.3 is 10.8 Å². The van der Waals surface area contributed by atoms with E-state index in [0.717, 1.165) is 5.56 Å². The van der Waals surface area contributed by atoms with Crippen molar-refractivity contribution in [3.8, 4) is 0 Å². The van der Waals surface area contributed by atoms with E-state index in [9.17, 15) is 4.79 Å². The first-order valence-electron chi connectivity index (χ1n) is 6.20. The minimum Gasteiger partial charge on any atom is -0.396 e. The highest BCUT2D eigenvalue weighted by Crippen LogP contribution is 2.14. The zero-order valence-corrected chi connectivity index (χ0v) is 11.1. The summed E-state index contributed by atoms with van der Waals surface area (Å²) in [5.41, 5.74) is 8.20.